The van der Waals surface area contributed by atoms with Crippen LogP contribution < -0.4 is 5.32 Å². The van der Waals surface area contributed by atoms with Crippen molar-refractivity contribution in [2.75, 3.05) is 5.32 Å². The van der Waals surface area contributed by atoms with E-state index in [4.69, 9.17) is 0 Å². The number of nitrogens with one attached hydrogen (secondary N) is 1. The summed E-state index contributed by atoms with van der Waals surface area (Å²) in [5.41, 5.74) is 3.74. The molecule has 17 heavy (non-hydrogen) atoms. The topological polar surface area (TPSA) is 49.3 Å². The zero-order valence-corrected chi connectivity index (χ0v) is 10.7. The summed E-state index contributed by atoms with van der Waals surface area (Å²) in [6, 6.07) is 3.98. The maximum Gasteiger partial charge on any atom is 0.231 e. The van der Waals surface area contributed by atoms with E-state index in [1.165, 1.54) is 0 Å². The van der Waals surface area contributed by atoms with Crippen molar-refractivity contribution < 1.29 is 9.90 Å². The maximum absolute atomic E-state index is 11.7. The molecule has 0 saturated carbocycles. The van der Waals surface area contributed by atoms with E-state index < -0.39 is 6.10 Å². The summed E-state index contributed by atoms with van der Waals surface area (Å²) in [5.74, 6) is 0.0273. The first-order chi connectivity index (χ1) is 7.91. The fourth-order valence-corrected chi connectivity index (χ4v) is 2.29. The van der Waals surface area contributed by atoms with Crippen LogP contribution in [0.15, 0.2) is 12.1 Å². The van der Waals surface area contributed by atoms with Crippen molar-refractivity contribution in [1.82, 2.24) is 0 Å². The van der Waals surface area contributed by atoms with Gasteiger partial charge in [-0.25, -0.2) is 0 Å². The normalized spacial score (nSPS) is 20.4. The highest BCUT2D eigenvalue weighted by Crippen LogP contribution is 2.40. The highest BCUT2D eigenvalue weighted by molar-refractivity contribution is 6.03. The predicted molar refractivity (Wildman–Crippen MR) is 68.0 cm³/mol. The summed E-state index contributed by atoms with van der Waals surface area (Å²) in [4.78, 5) is 11.7. The Morgan fingerprint density at radius 2 is 2.00 bits per heavy atom. The fraction of sp³-hybridized carbons (Fsp3) is 0.500. The third-order valence-electron chi connectivity index (χ3n) is 3.40. The molecule has 2 atom stereocenters. The van der Waals surface area contributed by atoms with E-state index in [0.717, 1.165) is 22.4 Å². The maximum atomic E-state index is 11.7. The van der Waals surface area contributed by atoms with Gasteiger partial charge in [-0.05, 0) is 25.3 Å². The molecule has 2 rings (SSSR count). The molecule has 3 nitrogen and oxygen atoms in total. The quantitative estimate of drug-likeness (QED) is 0.825. The molecule has 3 heteroatoms. The summed E-state index contributed by atoms with van der Waals surface area (Å²) >= 11 is 0. The molecular weight excluding hydrogens is 214 g/mol. The standard InChI is InChI=1S/C14H19NO2/c1-7(2)13(16)11-6-8(3)5-10-9(4)14(17)15-12(10)11/h5-7,9,13,16H,1-4H3,(H,15,17). The van der Waals surface area contributed by atoms with Crippen molar-refractivity contribution in [3.05, 3.63) is 28.8 Å². The number of aliphatic hydroxyl groups is 1. The Balaban J connectivity index is 2.56. The highest BCUT2D eigenvalue weighted by Gasteiger charge is 2.31. The van der Waals surface area contributed by atoms with Crippen LogP contribution in [0.2, 0.25) is 0 Å². The van der Waals surface area contributed by atoms with Crippen LogP contribution in [0.5, 0.6) is 0 Å². The Morgan fingerprint density at radius 1 is 1.35 bits per heavy atom. The lowest BCUT2D eigenvalue weighted by atomic mass is 9.91. The summed E-state index contributed by atoms with van der Waals surface area (Å²) in [6.07, 6.45) is -0.533. The number of carbonyl (C=O) groups is 1. The number of fused-ring (bicyclic) bond motifs is 1. The molecule has 0 bridgehead atoms. The molecule has 92 valence electrons. The predicted octanol–water partition coefficient (Wildman–Crippen LogP) is 2.74. The van der Waals surface area contributed by atoms with Gasteiger partial charge in [-0.15, -0.1) is 0 Å². The Morgan fingerprint density at radius 3 is 2.59 bits per heavy atom. The van der Waals surface area contributed by atoms with Gasteiger partial charge in [0.05, 0.1) is 17.7 Å². The highest BCUT2D eigenvalue weighted by atomic mass is 16.3. The molecule has 0 spiro atoms. The van der Waals surface area contributed by atoms with Gasteiger partial charge in [0.15, 0.2) is 0 Å². The molecule has 0 aliphatic carbocycles. The number of carbonyl (C=O) groups excluding carboxylic acids is 1. The van der Waals surface area contributed by atoms with Gasteiger partial charge in [-0.3, -0.25) is 4.79 Å². The van der Waals surface area contributed by atoms with Crippen molar-refractivity contribution in [3.63, 3.8) is 0 Å². The second-order valence-electron chi connectivity index (χ2n) is 5.22. The average Bonchev–Trinajstić information content (AvgIpc) is 2.54. The van der Waals surface area contributed by atoms with E-state index >= 15 is 0 Å². The monoisotopic (exact) mass is 233 g/mol. The zero-order valence-electron chi connectivity index (χ0n) is 10.7. The molecule has 1 aromatic carbocycles. The third kappa shape index (κ3) is 1.95. The Hall–Kier alpha value is -1.35. The number of aliphatic hydroxyl groups excluding tert-OH is 1. The van der Waals surface area contributed by atoms with Gasteiger partial charge in [0, 0.05) is 5.56 Å². The molecule has 0 fully saturated rings. The van der Waals surface area contributed by atoms with Crippen LogP contribution >= 0.6 is 0 Å². The SMILES string of the molecule is Cc1cc2c(c(C(O)C(C)C)c1)NC(=O)C2C. The minimum absolute atomic E-state index is 0.0165. The number of hydrogen-bond donors (Lipinski definition) is 2. The number of aryl methyl sites for hydroxylation is 1. The average molecular weight is 233 g/mol. The van der Waals surface area contributed by atoms with Gasteiger partial charge in [0.25, 0.3) is 0 Å². The van der Waals surface area contributed by atoms with E-state index in [0.29, 0.717) is 0 Å². The Labute approximate surface area is 102 Å². The van der Waals surface area contributed by atoms with Crippen LogP contribution in [0, 0.1) is 12.8 Å². The lowest BCUT2D eigenvalue weighted by molar-refractivity contribution is -0.116. The van der Waals surface area contributed by atoms with Gasteiger partial charge in [-0.2, -0.15) is 0 Å². The molecule has 1 aliphatic heterocycles. The van der Waals surface area contributed by atoms with Crippen molar-refractivity contribution >= 4 is 11.6 Å². The minimum Gasteiger partial charge on any atom is -0.388 e. The van der Waals surface area contributed by atoms with Crippen LogP contribution in [-0.2, 0) is 4.79 Å². The van der Waals surface area contributed by atoms with Gasteiger partial charge >= 0.3 is 0 Å². The van der Waals surface area contributed by atoms with Gasteiger partial charge in [0.1, 0.15) is 0 Å². The van der Waals surface area contributed by atoms with Gasteiger partial charge < -0.3 is 10.4 Å². The Bertz CT molecular complexity index is 466. The summed E-state index contributed by atoms with van der Waals surface area (Å²) < 4.78 is 0. The number of hydrogen-bond acceptors (Lipinski definition) is 2. The van der Waals surface area contributed by atoms with Crippen LogP contribution in [-0.4, -0.2) is 11.0 Å². The molecule has 2 N–H and O–H groups in total. The van der Waals surface area contributed by atoms with Crippen molar-refractivity contribution in [3.8, 4) is 0 Å². The van der Waals surface area contributed by atoms with Crippen molar-refractivity contribution in [2.24, 2.45) is 5.92 Å². The number of benzene rings is 1. The first-order valence-electron chi connectivity index (χ1n) is 6.05. The fourth-order valence-electron chi connectivity index (χ4n) is 2.29. The zero-order chi connectivity index (χ0) is 12.7. The van der Waals surface area contributed by atoms with Gasteiger partial charge in [-0.1, -0.05) is 31.5 Å². The molecule has 1 aromatic rings. The molecular formula is C14H19NO2. The van der Waals surface area contributed by atoms with Crippen molar-refractivity contribution in [1.29, 1.82) is 0 Å². The largest absolute Gasteiger partial charge is 0.388 e. The van der Waals surface area contributed by atoms with Gasteiger partial charge in [0.2, 0.25) is 5.91 Å². The number of amides is 1. The van der Waals surface area contributed by atoms with E-state index in [9.17, 15) is 9.90 Å². The van der Waals surface area contributed by atoms with E-state index in [1.54, 1.807) is 0 Å². The molecule has 1 amide bonds. The lowest BCUT2D eigenvalue weighted by Gasteiger charge is -2.19. The van der Waals surface area contributed by atoms with Crippen molar-refractivity contribution in [2.45, 2.75) is 39.7 Å². The molecule has 0 saturated heterocycles. The smallest absolute Gasteiger partial charge is 0.231 e. The number of rotatable bonds is 2. The number of anilines is 1. The Kier molecular flexibility index (Phi) is 2.96. The van der Waals surface area contributed by atoms with E-state index in [1.807, 2.05) is 39.8 Å². The molecule has 1 heterocycles. The molecule has 0 radical (unpaired) electrons. The third-order valence-corrected chi connectivity index (χ3v) is 3.40. The lowest BCUT2D eigenvalue weighted by Crippen LogP contribution is -2.11. The summed E-state index contributed by atoms with van der Waals surface area (Å²) in [6.45, 7) is 7.83. The van der Waals surface area contributed by atoms with E-state index in [2.05, 4.69) is 5.32 Å². The second-order valence-corrected chi connectivity index (χ2v) is 5.22. The summed E-state index contributed by atoms with van der Waals surface area (Å²) in [7, 11) is 0. The first-order valence-corrected chi connectivity index (χ1v) is 6.05. The molecule has 1 aliphatic rings. The van der Waals surface area contributed by atoms with Crippen LogP contribution in [0.25, 0.3) is 0 Å². The van der Waals surface area contributed by atoms with Crippen LogP contribution in [0.4, 0.5) is 5.69 Å². The van der Waals surface area contributed by atoms with Crippen LogP contribution in [0.1, 0.15) is 49.5 Å². The molecule has 2 unspecified atom stereocenters. The second kappa shape index (κ2) is 4.15. The van der Waals surface area contributed by atoms with Crippen LogP contribution in [0.3, 0.4) is 0 Å². The first kappa shape index (κ1) is 12.1. The molecule has 0 aromatic heterocycles. The van der Waals surface area contributed by atoms with E-state index in [-0.39, 0.29) is 17.7 Å². The minimum atomic E-state index is -0.533. The summed E-state index contributed by atoms with van der Waals surface area (Å²) in [5, 5.41) is 13.1.